The van der Waals surface area contributed by atoms with E-state index in [0.717, 1.165) is 6.54 Å². The summed E-state index contributed by atoms with van der Waals surface area (Å²) in [6.07, 6.45) is 4.39. The summed E-state index contributed by atoms with van der Waals surface area (Å²) < 4.78 is 0. The molecule has 1 aromatic carbocycles. The highest BCUT2D eigenvalue weighted by molar-refractivity contribution is 7.15. The van der Waals surface area contributed by atoms with E-state index in [1.54, 1.807) is 16.2 Å². The van der Waals surface area contributed by atoms with E-state index in [1.807, 2.05) is 6.20 Å². The summed E-state index contributed by atoms with van der Waals surface area (Å²) in [4.78, 5) is 18.2. The van der Waals surface area contributed by atoms with Crippen molar-refractivity contribution in [3.05, 3.63) is 47.0 Å². The number of hydrogen-bond donors (Lipinski definition) is 2. The lowest BCUT2D eigenvalue weighted by molar-refractivity contribution is -0.918. The van der Waals surface area contributed by atoms with E-state index in [2.05, 4.69) is 40.6 Å². The summed E-state index contributed by atoms with van der Waals surface area (Å²) in [5.74, 6) is 0.651. The van der Waals surface area contributed by atoms with Crippen LogP contribution in [-0.2, 0) is 11.3 Å². The molecule has 22 heavy (non-hydrogen) atoms. The molecule has 2 aromatic rings. The Morgan fingerprint density at radius 2 is 2.05 bits per heavy atom. The molecule has 1 saturated heterocycles. The van der Waals surface area contributed by atoms with Gasteiger partial charge in [0.1, 0.15) is 6.54 Å². The minimum absolute atomic E-state index is 0.0584. The molecule has 1 amide bonds. The van der Waals surface area contributed by atoms with Crippen LogP contribution in [0.15, 0.2) is 36.5 Å². The van der Waals surface area contributed by atoms with Crippen LogP contribution in [0.3, 0.4) is 0 Å². The Bertz CT molecular complexity index is 618. The number of aromatic nitrogens is 1. The Balaban J connectivity index is 1.51. The molecule has 5 heteroatoms. The van der Waals surface area contributed by atoms with Gasteiger partial charge in [-0.15, -0.1) is 0 Å². The van der Waals surface area contributed by atoms with Gasteiger partial charge in [-0.05, 0) is 11.5 Å². The summed E-state index contributed by atoms with van der Waals surface area (Å²) in [6.45, 7) is 4.93. The molecular weight excluding hydrogens is 294 g/mol. The second-order valence-electron chi connectivity index (χ2n) is 5.92. The standard InChI is InChI=1S/C17H21N3OS/c1-13(21)19-17-18-11-16(22-17)12-20-9-7-15(8-10-20)14-5-3-2-4-6-14/h2-6,11,15H,7-10,12H2,1H3,(H,18,19,21)/p+1. The number of quaternary nitrogens is 1. The molecule has 0 atom stereocenters. The summed E-state index contributed by atoms with van der Waals surface area (Å²) in [5.41, 5.74) is 1.48. The highest BCUT2D eigenvalue weighted by Crippen LogP contribution is 2.24. The Morgan fingerprint density at radius 1 is 1.32 bits per heavy atom. The molecule has 1 aliphatic heterocycles. The first-order valence-corrected chi connectivity index (χ1v) is 8.63. The number of nitrogens with one attached hydrogen (secondary N) is 2. The minimum atomic E-state index is -0.0584. The first kappa shape index (κ1) is 15.2. The number of likely N-dealkylation sites (tertiary alicyclic amines) is 1. The van der Waals surface area contributed by atoms with Crippen LogP contribution in [0.4, 0.5) is 5.13 Å². The van der Waals surface area contributed by atoms with Crippen molar-refractivity contribution in [2.75, 3.05) is 18.4 Å². The number of carbonyl (C=O) groups excluding carboxylic acids is 1. The molecule has 1 aliphatic rings. The molecule has 2 heterocycles. The third kappa shape index (κ3) is 3.93. The molecular formula is C17H22N3OS+. The largest absolute Gasteiger partial charge is 0.330 e. The lowest BCUT2D eigenvalue weighted by Gasteiger charge is -2.29. The Hall–Kier alpha value is -1.72. The van der Waals surface area contributed by atoms with Crippen molar-refractivity contribution in [3.63, 3.8) is 0 Å². The molecule has 0 saturated carbocycles. The van der Waals surface area contributed by atoms with Gasteiger partial charge in [0.15, 0.2) is 5.13 Å². The van der Waals surface area contributed by atoms with E-state index < -0.39 is 0 Å². The number of amides is 1. The number of nitrogens with zero attached hydrogens (tertiary/aromatic N) is 1. The van der Waals surface area contributed by atoms with Gasteiger partial charge in [-0.2, -0.15) is 0 Å². The number of piperidine rings is 1. The van der Waals surface area contributed by atoms with Crippen LogP contribution in [-0.4, -0.2) is 24.0 Å². The van der Waals surface area contributed by atoms with Gasteiger partial charge in [0.2, 0.25) is 5.91 Å². The van der Waals surface area contributed by atoms with E-state index in [4.69, 9.17) is 0 Å². The molecule has 1 aromatic heterocycles. The van der Waals surface area contributed by atoms with E-state index in [1.165, 1.54) is 43.3 Å². The Labute approximate surface area is 135 Å². The van der Waals surface area contributed by atoms with E-state index >= 15 is 0 Å². The second kappa shape index (κ2) is 7.03. The third-order valence-corrected chi connectivity index (χ3v) is 5.14. The monoisotopic (exact) mass is 316 g/mol. The van der Waals surface area contributed by atoms with Crippen molar-refractivity contribution < 1.29 is 9.69 Å². The molecule has 1 fully saturated rings. The van der Waals surface area contributed by atoms with Crippen LogP contribution in [0, 0.1) is 0 Å². The Morgan fingerprint density at radius 3 is 2.73 bits per heavy atom. The molecule has 116 valence electrons. The number of anilines is 1. The average molecular weight is 316 g/mol. The third-order valence-electron chi connectivity index (χ3n) is 4.22. The van der Waals surface area contributed by atoms with Crippen LogP contribution in [0.25, 0.3) is 0 Å². The zero-order valence-corrected chi connectivity index (χ0v) is 13.7. The van der Waals surface area contributed by atoms with Crippen LogP contribution in [0.5, 0.6) is 0 Å². The highest BCUT2D eigenvalue weighted by atomic mass is 32.1. The van der Waals surface area contributed by atoms with Crippen LogP contribution >= 0.6 is 11.3 Å². The maximum Gasteiger partial charge on any atom is 0.223 e. The zero-order valence-electron chi connectivity index (χ0n) is 12.8. The van der Waals surface area contributed by atoms with Gasteiger partial charge >= 0.3 is 0 Å². The first-order valence-electron chi connectivity index (χ1n) is 7.81. The van der Waals surface area contributed by atoms with Gasteiger partial charge in [-0.1, -0.05) is 41.7 Å². The molecule has 3 rings (SSSR count). The van der Waals surface area contributed by atoms with E-state index in [0.29, 0.717) is 11.0 Å². The summed E-state index contributed by atoms with van der Waals surface area (Å²) in [6, 6.07) is 10.8. The topological polar surface area (TPSA) is 46.4 Å². The first-order chi connectivity index (χ1) is 10.7. The van der Waals surface area contributed by atoms with Gasteiger partial charge in [-0.3, -0.25) is 4.79 Å². The predicted molar refractivity (Wildman–Crippen MR) is 89.2 cm³/mol. The zero-order chi connectivity index (χ0) is 15.4. The predicted octanol–water partition coefficient (Wildman–Crippen LogP) is 2.06. The average Bonchev–Trinajstić information content (AvgIpc) is 2.95. The van der Waals surface area contributed by atoms with Crippen molar-refractivity contribution >= 4 is 22.4 Å². The summed E-state index contributed by atoms with van der Waals surface area (Å²) in [5, 5.41) is 3.46. The fourth-order valence-corrected chi connectivity index (χ4v) is 4.04. The van der Waals surface area contributed by atoms with Gasteiger partial charge in [0, 0.05) is 26.0 Å². The van der Waals surface area contributed by atoms with Gasteiger partial charge in [0.05, 0.1) is 18.0 Å². The van der Waals surface area contributed by atoms with Crippen molar-refractivity contribution in [1.29, 1.82) is 0 Å². The Kier molecular flexibility index (Phi) is 4.85. The minimum Gasteiger partial charge on any atom is -0.330 e. The second-order valence-corrected chi connectivity index (χ2v) is 7.04. The van der Waals surface area contributed by atoms with Gasteiger partial charge < -0.3 is 10.2 Å². The van der Waals surface area contributed by atoms with Gasteiger partial charge in [0.25, 0.3) is 0 Å². The number of hydrogen-bond acceptors (Lipinski definition) is 3. The quantitative estimate of drug-likeness (QED) is 0.907. The van der Waals surface area contributed by atoms with Crippen molar-refractivity contribution in [1.82, 2.24) is 4.98 Å². The normalized spacial score (nSPS) is 21.5. The molecule has 0 unspecified atom stereocenters. The molecule has 0 spiro atoms. The lowest BCUT2D eigenvalue weighted by atomic mass is 9.89. The van der Waals surface area contributed by atoms with Crippen LogP contribution in [0.1, 0.15) is 36.1 Å². The highest BCUT2D eigenvalue weighted by Gasteiger charge is 2.23. The van der Waals surface area contributed by atoms with E-state index in [9.17, 15) is 4.79 Å². The number of benzene rings is 1. The van der Waals surface area contributed by atoms with Crippen molar-refractivity contribution in [3.8, 4) is 0 Å². The van der Waals surface area contributed by atoms with Crippen LogP contribution < -0.4 is 10.2 Å². The van der Waals surface area contributed by atoms with Crippen molar-refractivity contribution in [2.24, 2.45) is 0 Å². The maximum atomic E-state index is 11.0. The summed E-state index contributed by atoms with van der Waals surface area (Å²) in [7, 11) is 0. The molecule has 2 N–H and O–H groups in total. The van der Waals surface area contributed by atoms with E-state index in [-0.39, 0.29) is 5.91 Å². The number of rotatable bonds is 4. The van der Waals surface area contributed by atoms with Gasteiger partial charge in [-0.25, -0.2) is 4.98 Å². The number of thiazole rings is 1. The van der Waals surface area contributed by atoms with Crippen LogP contribution in [0.2, 0.25) is 0 Å². The molecule has 0 aliphatic carbocycles. The maximum absolute atomic E-state index is 11.0. The molecule has 0 bridgehead atoms. The SMILES string of the molecule is CC(=O)Nc1ncc(C[NH+]2CCC(c3ccccc3)CC2)s1. The smallest absolute Gasteiger partial charge is 0.223 e. The van der Waals surface area contributed by atoms with Crippen molar-refractivity contribution in [2.45, 2.75) is 32.2 Å². The summed E-state index contributed by atoms with van der Waals surface area (Å²) >= 11 is 1.59. The lowest BCUT2D eigenvalue weighted by Crippen LogP contribution is -3.11. The number of carbonyl (C=O) groups is 1. The molecule has 0 radical (unpaired) electrons. The fraction of sp³-hybridized carbons (Fsp3) is 0.412. The molecule has 4 nitrogen and oxygen atoms in total. The fourth-order valence-electron chi connectivity index (χ4n) is 3.11.